The maximum atomic E-state index is 13.5. The van der Waals surface area contributed by atoms with E-state index >= 15 is 0 Å². The van der Waals surface area contributed by atoms with Crippen LogP contribution in [0.15, 0.2) is 67.1 Å². The number of ether oxygens (including phenoxy) is 1. The van der Waals surface area contributed by atoms with Crippen LogP contribution >= 0.6 is 0 Å². The topological polar surface area (TPSA) is 119 Å². The van der Waals surface area contributed by atoms with E-state index in [9.17, 15) is 9.18 Å². The molecule has 2 aromatic carbocycles. The van der Waals surface area contributed by atoms with Crippen LogP contribution in [0.5, 0.6) is 5.88 Å². The molecule has 10 heteroatoms. The smallest absolute Gasteiger partial charge is 0.251 e. The van der Waals surface area contributed by atoms with E-state index in [1.54, 1.807) is 43.6 Å². The van der Waals surface area contributed by atoms with Crippen molar-refractivity contribution in [3.63, 3.8) is 0 Å². The molecule has 0 fully saturated rings. The Bertz CT molecular complexity index is 1510. The van der Waals surface area contributed by atoms with Gasteiger partial charge in [-0.2, -0.15) is 0 Å². The van der Waals surface area contributed by atoms with Crippen LogP contribution in [0, 0.1) is 5.82 Å². The van der Waals surface area contributed by atoms with Crippen molar-refractivity contribution in [3.05, 3.63) is 84.3 Å². The standard InChI is InChI=1S/C26H22FN7O2/c1-36-23-14-17(10-12-28-23)24-20-9-6-18(26(35)29-11-2-3-22-30-15-31-34-22)13-21(20)32-25(33-24)16-4-7-19(27)8-5-16/h4-10,12-15H,2-3,11H2,1H3,(H,29,35)(H,30,31,34). The number of aryl methyl sites for hydroxylation is 1. The summed E-state index contributed by atoms with van der Waals surface area (Å²) in [7, 11) is 1.55. The van der Waals surface area contributed by atoms with Crippen molar-refractivity contribution in [2.75, 3.05) is 13.7 Å². The Labute approximate surface area is 205 Å². The summed E-state index contributed by atoms with van der Waals surface area (Å²) in [4.78, 5) is 29.4. The van der Waals surface area contributed by atoms with Crippen molar-refractivity contribution in [1.82, 2.24) is 35.5 Å². The molecule has 5 rings (SSSR count). The predicted octanol–water partition coefficient (Wildman–Crippen LogP) is 3.99. The van der Waals surface area contributed by atoms with Crippen molar-refractivity contribution in [1.29, 1.82) is 0 Å². The molecule has 3 heterocycles. The average molecular weight is 484 g/mol. The first-order chi connectivity index (χ1) is 17.6. The second kappa shape index (κ2) is 10.3. The lowest BCUT2D eigenvalue weighted by molar-refractivity contribution is 0.0953. The molecular weight excluding hydrogens is 461 g/mol. The first kappa shape index (κ1) is 23.0. The van der Waals surface area contributed by atoms with E-state index in [-0.39, 0.29) is 11.7 Å². The van der Waals surface area contributed by atoms with Gasteiger partial charge < -0.3 is 15.0 Å². The van der Waals surface area contributed by atoms with E-state index in [1.165, 1.54) is 18.5 Å². The number of benzene rings is 2. The number of aromatic nitrogens is 6. The van der Waals surface area contributed by atoms with Crippen LogP contribution in [-0.2, 0) is 6.42 Å². The number of aromatic amines is 1. The van der Waals surface area contributed by atoms with Gasteiger partial charge in [-0.3, -0.25) is 4.79 Å². The van der Waals surface area contributed by atoms with Gasteiger partial charge in [0, 0.05) is 47.3 Å². The molecule has 5 aromatic rings. The number of fused-ring (bicyclic) bond motifs is 1. The minimum Gasteiger partial charge on any atom is -0.481 e. The maximum Gasteiger partial charge on any atom is 0.251 e. The number of nitrogens with one attached hydrogen (secondary N) is 2. The van der Waals surface area contributed by atoms with Crippen molar-refractivity contribution in [2.24, 2.45) is 0 Å². The second-order valence-corrected chi connectivity index (χ2v) is 8.02. The molecule has 2 N–H and O–H groups in total. The van der Waals surface area contributed by atoms with Crippen LogP contribution in [0.2, 0.25) is 0 Å². The van der Waals surface area contributed by atoms with Crippen molar-refractivity contribution in [2.45, 2.75) is 12.8 Å². The summed E-state index contributed by atoms with van der Waals surface area (Å²) in [5, 5.41) is 11.4. The summed E-state index contributed by atoms with van der Waals surface area (Å²) in [6.07, 6.45) is 4.58. The normalized spacial score (nSPS) is 10.9. The highest BCUT2D eigenvalue weighted by Gasteiger charge is 2.15. The molecule has 1 amide bonds. The number of pyridine rings is 1. The molecule has 0 saturated heterocycles. The molecule has 3 aromatic heterocycles. The van der Waals surface area contributed by atoms with Crippen LogP contribution in [0.25, 0.3) is 33.5 Å². The van der Waals surface area contributed by atoms with Crippen molar-refractivity contribution in [3.8, 4) is 28.5 Å². The Kier molecular flexibility index (Phi) is 6.57. The molecule has 0 radical (unpaired) electrons. The van der Waals surface area contributed by atoms with E-state index in [0.717, 1.165) is 23.2 Å². The van der Waals surface area contributed by atoms with Gasteiger partial charge in [0.2, 0.25) is 5.88 Å². The third kappa shape index (κ3) is 5.02. The summed E-state index contributed by atoms with van der Waals surface area (Å²) in [6.45, 7) is 0.490. The molecule has 0 bridgehead atoms. The van der Waals surface area contributed by atoms with Gasteiger partial charge in [-0.1, -0.05) is 0 Å². The van der Waals surface area contributed by atoms with E-state index in [4.69, 9.17) is 14.7 Å². The molecule has 0 aliphatic rings. The van der Waals surface area contributed by atoms with Gasteiger partial charge in [-0.15, -0.1) is 10.2 Å². The zero-order valence-electron chi connectivity index (χ0n) is 19.4. The SMILES string of the molecule is COc1cc(-c2nc(-c3ccc(F)cc3)nc3cc(C(=O)NCCCc4nnc[nH]4)ccc23)ccn1. The van der Waals surface area contributed by atoms with Gasteiger partial charge in [0.05, 0.1) is 18.3 Å². The number of rotatable bonds is 8. The molecule has 0 unspecified atom stereocenters. The summed E-state index contributed by atoms with van der Waals surface area (Å²) in [5.74, 6) is 1.09. The fraction of sp³-hybridized carbons (Fsp3) is 0.154. The maximum absolute atomic E-state index is 13.5. The molecule has 9 nitrogen and oxygen atoms in total. The molecule has 180 valence electrons. The highest BCUT2D eigenvalue weighted by Crippen LogP contribution is 2.31. The zero-order chi connectivity index (χ0) is 24.9. The van der Waals surface area contributed by atoms with Gasteiger partial charge in [0.25, 0.3) is 5.91 Å². The Hall–Kier alpha value is -4.73. The number of halogens is 1. The number of amides is 1. The van der Waals surface area contributed by atoms with Crippen LogP contribution in [0.4, 0.5) is 4.39 Å². The zero-order valence-corrected chi connectivity index (χ0v) is 19.4. The number of methoxy groups -OCH3 is 1. The van der Waals surface area contributed by atoms with E-state index < -0.39 is 0 Å². The largest absolute Gasteiger partial charge is 0.481 e. The minimum atomic E-state index is -0.346. The fourth-order valence-electron chi connectivity index (χ4n) is 3.80. The van der Waals surface area contributed by atoms with Gasteiger partial charge in [-0.05, 0) is 55.0 Å². The lowest BCUT2D eigenvalue weighted by Gasteiger charge is -2.11. The average Bonchev–Trinajstić information content (AvgIpc) is 3.44. The number of hydrogen-bond acceptors (Lipinski definition) is 7. The van der Waals surface area contributed by atoms with E-state index in [1.807, 2.05) is 12.1 Å². The van der Waals surface area contributed by atoms with Crippen LogP contribution in [0.3, 0.4) is 0 Å². The van der Waals surface area contributed by atoms with Crippen molar-refractivity contribution < 1.29 is 13.9 Å². The second-order valence-electron chi connectivity index (χ2n) is 8.02. The summed E-state index contributed by atoms with van der Waals surface area (Å²) < 4.78 is 18.8. The first-order valence-electron chi connectivity index (χ1n) is 11.3. The Morgan fingerprint density at radius 2 is 1.92 bits per heavy atom. The highest BCUT2D eigenvalue weighted by molar-refractivity contribution is 6.01. The van der Waals surface area contributed by atoms with Crippen LogP contribution < -0.4 is 10.1 Å². The molecule has 0 aliphatic heterocycles. The molecule has 0 saturated carbocycles. The molecule has 0 spiro atoms. The molecule has 36 heavy (non-hydrogen) atoms. The molecule has 0 atom stereocenters. The fourth-order valence-corrected chi connectivity index (χ4v) is 3.80. The summed E-state index contributed by atoms with van der Waals surface area (Å²) in [6, 6.07) is 14.9. The highest BCUT2D eigenvalue weighted by atomic mass is 19.1. The van der Waals surface area contributed by atoms with Crippen molar-refractivity contribution >= 4 is 16.8 Å². The third-order valence-corrected chi connectivity index (χ3v) is 5.62. The number of nitrogens with zero attached hydrogens (tertiary/aromatic N) is 5. The Morgan fingerprint density at radius 1 is 1.06 bits per heavy atom. The molecular formula is C26H22FN7O2. The number of carbonyl (C=O) groups is 1. The van der Waals surface area contributed by atoms with E-state index in [0.29, 0.717) is 47.0 Å². The predicted molar refractivity (Wildman–Crippen MR) is 132 cm³/mol. The quantitative estimate of drug-likeness (QED) is 0.320. The van der Waals surface area contributed by atoms with Crippen LogP contribution in [0.1, 0.15) is 22.6 Å². The Morgan fingerprint density at radius 3 is 2.69 bits per heavy atom. The van der Waals surface area contributed by atoms with Gasteiger partial charge in [-0.25, -0.2) is 19.3 Å². The lowest BCUT2D eigenvalue weighted by Crippen LogP contribution is -2.24. The summed E-state index contributed by atoms with van der Waals surface area (Å²) >= 11 is 0. The minimum absolute atomic E-state index is 0.205. The number of hydrogen-bond donors (Lipinski definition) is 2. The monoisotopic (exact) mass is 483 g/mol. The van der Waals surface area contributed by atoms with Gasteiger partial charge in [0.15, 0.2) is 5.82 Å². The van der Waals surface area contributed by atoms with Gasteiger partial charge >= 0.3 is 0 Å². The lowest BCUT2D eigenvalue weighted by atomic mass is 10.0. The number of carbonyl (C=O) groups excluding carboxylic acids is 1. The number of H-pyrrole nitrogens is 1. The Balaban J connectivity index is 1.48. The van der Waals surface area contributed by atoms with Crippen LogP contribution in [-0.4, -0.2) is 49.7 Å². The molecule has 0 aliphatic carbocycles. The van der Waals surface area contributed by atoms with E-state index in [2.05, 4.69) is 25.5 Å². The summed E-state index contributed by atoms with van der Waals surface area (Å²) in [5.41, 5.74) is 3.15. The third-order valence-electron chi connectivity index (χ3n) is 5.62. The van der Waals surface area contributed by atoms with Gasteiger partial charge in [0.1, 0.15) is 18.0 Å². The first-order valence-corrected chi connectivity index (χ1v) is 11.3.